The van der Waals surface area contributed by atoms with E-state index in [4.69, 9.17) is 0 Å². The summed E-state index contributed by atoms with van der Waals surface area (Å²) in [6.45, 7) is 2.05. The molecule has 0 aliphatic carbocycles. The molecule has 2 aromatic carbocycles. The Balaban J connectivity index is 1.37. The summed E-state index contributed by atoms with van der Waals surface area (Å²) >= 11 is 2.82. The zero-order valence-electron chi connectivity index (χ0n) is 14.5. The van der Waals surface area contributed by atoms with Gasteiger partial charge in [-0.15, -0.1) is 10.2 Å². The van der Waals surface area contributed by atoms with Crippen molar-refractivity contribution < 1.29 is 4.79 Å². The molecule has 0 bridgehead atoms. The molecular formula is C20H16N4OS2. The van der Waals surface area contributed by atoms with Crippen molar-refractivity contribution in [3.05, 3.63) is 66.2 Å². The van der Waals surface area contributed by atoms with Crippen LogP contribution < -0.4 is 5.32 Å². The zero-order chi connectivity index (χ0) is 18.6. The number of hydrogen-bond donors (Lipinski definition) is 1. The molecule has 2 aromatic heterocycles. The second-order valence-corrected chi connectivity index (χ2v) is 7.92. The van der Waals surface area contributed by atoms with E-state index in [1.165, 1.54) is 23.1 Å². The van der Waals surface area contributed by atoms with E-state index in [0.29, 0.717) is 10.2 Å². The molecule has 0 radical (unpaired) electrons. The molecule has 0 fully saturated rings. The minimum atomic E-state index is -0.108. The average Bonchev–Trinajstić information content (AvgIpc) is 3.09. The van der Waals surface area contributed by atoms with Gasteiger partial charge in [0, 0.05) is 5.56 Å². The minimum Gasteiger partial charge on any atom is -0.301 e. The summed E-state index contributed by atoms with van der Waals surface area (Å²) in [5.74, 6) is 0.151. The Hall–Kier alpha value is -2.77. The van der Waals surface area contributed by atoms with Gasteiger partial charge in [0.2, 0.25) is 5.91 Å². The minimum absolute atomic E-state index is 0.108. The second-order valence-electron chi connectivity index (χ2n) is 5.90. The Morgan fingerprint density at radius 3 is 2.63 bits per heavy atom. The first-order chi connectivity index (χ1) is 13.2. The number of para-hydroxylation sites is 1. The van der Waals surface area contributed by atoms with Crippen LogP contribution >= 0.6 is 23.1 Å². The van der Waals surface area contributed by atoms with Crippen molar-refractivity contribution >= 4 is 44.4 Å². The number of aromatic nitrogens is 3. The summed E-state index contributed by atoms with van der Waals surface area (Å²) in [6.07, 6.45) is 0. The fourth-order valence-electron chi connectivity index (χ4n) is 2.62. The largest absolute Gasteiger partial charge is 0.301 e. The van der Waals surface area contributed by atoms with E-state index in [-0.39, 0.29) is 11.7 Å². The Labute approximate surface area is 164 Å². The van der Waals surface area contributed by atoms with Crippen molar-refractivity contribution in [1.82, 2.24) is 15.2 Å². The number of nitrogens with zero attached hydrogens (tertiary/aromatic N) is 3. The number of nitrogens with one attached hydrogen (secondary N) is 1. The highest BCUT2D eigenvalue weighted by Gasteiger charge is 2.09. The smallest absolute Gasteiger partial charge is 0.236 e. The van der Waals surface area contributed by atoms with Crippen LogP contribution in [0, 0.1) is 6.92 Å². The van der Waals surface area contributed by atoms with Crippen LogP contribution in [0.2, 0.25) is 0 Å². The molecule has 2 heterocycles. The van der Waals surface area contributed by atoms with Crippen LogP contribution in [0.25, 0.3) is 21.5 Å². The van der Waals surface area contributed by atoms with Gasteiger partial charge in [-0.2, -0.15) is 0 Å². The van der Waals surface area contributed by atoms with Crippen molar-refractivity contribution in [3.8, 4) is 11.3 Å². The number of amides is 1. The molecule has 4 rings (SSSR count). The van der Waals surface area contributed by atoms with Gasteiger partial charge in [-0.1, -0.05) is 59.5 Å². The number of hydrogen-bond acceptors (Lipinski definition) is 6. The molecule has 1 amide bonds. The lowest BCUT2D eigenvalue weighted by Gasteiger charge is -2.05. The Morgan fingerprint density at radius 2 is 1.85 bits per heavy atom. The predicted molar refractivity (Wildman–Crippen MR) is 111 cm³/mol. The van der Waals surface area contributed by atoms with Crippen LogP contribution in [-0.4, -0.2) is 26.8 Å². The lowest BCUT2D eigenvalue weighted by molar-refractivity contribution is -0.113. The van der Waals surface area contributed by atoms with Gasteiger partial charge in [0.05, 0.1) is 21.7 Å². The quantitative estimate of drug-likeness (QED) is 0.495. The maximum absolute atomic E-state index is 12.2. The average molecular weight is 393 g/mol. The first-order valence-corrected chi connectivity index (χ1v) is 10.2. The van der Waals surface area contributed by atoms with Crippen LogP contribution in [0.3, 0.4) is 0 Å². The van der Waals surface area contributed by atoms with Crippen molar-refractivity contribution in [2.45, 2.75) is 11.9 Å². The molecular weight excluding hydrogens is 376 g/mol. The summed E-state index contributed by atoms with van der Waals surface area (Å²) in [5, 5.41) is 12.7. The normalized spacial score (nSPS) is 10.9. The maximum atomic E-state index is 12.2. The third-order valence-electron chi connectivity index (χ3n) is 3.95. The van der Waals surface area contributed by atoms with Crippen molar-refractivity contribution in [3.63, 3.8) is 0 Å². The number of rotatable bonds is 5. The molecule has 1 N–H and O–H groups in total. The SMILES string of the molecule is Cc1ccccc1-c1ccc(SCC(=O)Nc2nc3ccccc3s2)nn1. The van der Waals surface area contributed by atoms with Gasteiger partial charge >= 0.3 is 0 Å². The van der Waals surface area contributed by atoms with Gasteiger partial charge in [0.1, 0.15) is 5.03 Å². The van der Waals surface area contributed by atoms with Crippen LogP contribution in [0.5, 0.6) is 0 Å². The van der Waals surface area contributed by atoms with Crippen LogP contribution in [-0.2, 0) is 4.79 Å². The summed E-state index contributed by atoms with van der Waals surface area (Å²) in [4.78, 5) is 16.6. The number of aryl methyl sites for hydroxylation is 1. The van der Waals surface area contributed by atoms with Gasteiger partial charge < -0.3 is 5.32 Å². The van der Waals surface area contributed by atoms with Gasteiger partial charge in [-0.05, 0) is 36.8 Å². The third-order valence-corrected chi connectivity index (χ3v) is 5.82. The van der Waals surface area contributed by atoms with Gasteiger partial charge in [0.25, 0.3) is 0 Å². The van der Waals surface area contributed by atoms with Gasteiger partial charge in [-0.25, -0.2) is 4.98 Å². The van der Waals surface area contributed by atoms with Crippen LogP contribution in [0.15, 0.2) is 65.7 Å². The van der Waals surface area contributed by atoms with Crippen molar-refractivity contribution in [1.29, 1.82) is 0 Å². The lowest BCUT2D eigenvalue weighted by Crippen LogP contribution is -2.13. The van der Waals surface area contributed by atoms with E-state index < -0.39 is 0 Å². The highest BCUT2D eigenvalue weighted by atomic mass is 32.2. The summed E-state index contributed by atoms with van der Waals surface area (Å²) in [7, 11) is 0. The maximum Gasteiger partial charge on any atom is 0.236 e. The van der Waals surface area contributed by atoms with E-state index in [0.717, 1.165) is 27.0 Å². The lowest BCUT2D eigenvalue weighted by atomic mass is 10.1. The topological polar surface area (TPSA) is 67.8 Å². The van der Waals surface area contributed by atoms with Crippen LogP contribution in [0.1, 0.15) is 5.56 Å². The molecule has 0 spiro atoms. The van der Waals surface area contributed by atoms with Gasteiger partial charge in [0.15, 0.2) is 5.13 Å². The number of carbonyl (C=O) groups is 1. The Kier molecular flexibility index (Phi) is 5.13. The molecule has 4 aromatic rings. The third kappa shape index (κ3) is 4.15. The number of fused-ring (bicyclic) bond motifs is 1. The first-order valence-electron chi connectivity index (χ1n) is 8.37. The molecule has 0 atom stereocenters. The van der Waals surface area contributed by atoms with Crippen molar-refractivity contribution in [2.24, 2.45) is 0 Å². The molecule has 0 aliphatic heterocycles. The van der Waals surface area contributed by atoms with E-state index in [1.807, 2.05) is 67.6 Å². The first kappa shape index (κ1) is 17.6. The summed E-state index contributed by atoms with van der Waals surface area (Å²) in [6, 6.07) is 19.7. The van der Waals surface area contributed by atoms with E-state index in [1.54, 1.807) is 0 Å². The monoisotopic (exact) mass is 392 g/mol. The molecule has 27 heavy (non-hydrogen) atoms. The van der Waals surface area contributed by atoms with Crippen LogP contribution in [0.4, 0.5) is 5.13 Å². The van der Waals surface area contributed by atoms with Crippen molar-refractivity contribution in [2.75, 3.05) is 11.1 Å². The number of benzene rings is 2. The molecule has 0 saturated carbocycles. The fourth-order valence-corrected chi connectivity index (χ4v) is 4.12. The van der Waals surface area contributed by atoms with E-state index in [9.17, 15) is 4.79 Å². The Bertz CT molecular complexity index is 1060. The second kappa shape index (κ2) is 7.85. The van der Waals surface area contributed by atoms with E-state index >= 15 is 0 Å². The number of thioether (sulfide) groups is 1. The molecule has 0 aliphatic rings. The molecule has 134 valence electrons. The Morgan fingerprint density at radius 1 is 1.04 bits per heavy atom. The zero-order valence-corrected chi connectivity index (χ0v) is 16.2. The standard InChI is InChI=1S/C20H16N4OS2/c1-13-6-2-3-7-14(13)15-10-11-19(24-23-15)26-12-18(25)22-20-21-16-8-4-5-9-17(16)27-20/h2-11H,12H2,1H3,(H,21,22,25). The molecule has 7 heteroatoms. The van der Waals surface area contributed by atoms with Gasteiger partial charge in [-0.3, -0.25) is 4.79 Å². The highest BCUT2D eigenvalue weighted by Crippen LogP contribution is 2.26. The molecule has 5 nitrogen and oxygen atoms in total. The number of thiazole rings is 1. The summed E-state index contributed by atoms with van der Waals surface area (Å²) < 4.78 is 1.05. The van der Waals surface area contributed by atoms with E-state index in [2.05, 4.69) is 20.5 Å². The highest BCUT2D eigenvalue weighted by molar-refractivity contribution is 7.99. The predicted octanol–water partition coefficient (Wildman–Crippen LogP) is 4.79. The number of carbonyl (C=O) groups excluding carboxylic acids is 1. The number of anilines is 1. The molecule has 0 saturated heterocycles. The fraction of sp³-hybridized carbons (Fsp3) is 0.100. The summed E-state index contributed by atoms with van der Waals surface area (Å²) in [5.41, 5.74) is 3.94. The molecule has 0 unspecified atom stereocenters.